The van der Waals surface area contributed by atoms with Gasteiger partial charge in [0.05, 0.1) is 0 Å². The van der Waals surface area contributed by atoms with Crippen LogP contribution in [0.3, 0.4) is 0 Å². The number of rotatable bonds is 2. The number of carbonyl (C=O) groups excluding carboxylic acids is 1. The Balaban J connectivity index is 4.54. The molecule has 54 valence electrons. The topological polar surface area (TPSA) is 74.6 Å². The molecule has 0 aliphatic heterocycles. The molecule has 0 aliphatic rings. The maximum Gasteiger partial charge on any atom is 0.338 e. The molecule has 0 atom stereocenters. The first kappa shape index (κ1) is 8.82. The second-order valence-corrected chi connectivity index (χ2v) is 4.56. The number of hydrogen-bond donors (Lipinski definition) is 2. The Kier molecular flexibility index (Phi) is 2.17. The van der Waals surface area contributed by atoms with Gasteiger partial charge in [0.25, 0.3) is 0 Å². The van der Waals surface area contributed by atoms with Crippen molar-refractivity contribution in [1.82, 2.24) is 0 Å². The van der Waals surface area contributed by atoms with Gasteiger partial charge >= 0.3 is 7.60 Å². The third-order valence-electron chi connectivity index (χ3n) is 1.04. The third-order valence-corrected chi connectivity index (χ3v) is 2.65. The Bertz CT molecular complexity index is 156. The van der Waals surface area contributed by atoms with Crippen LogP contribution in [-0.4, -0.2) is 21.2 Å². The summed E-state index contributed by atoms with van der Waals surface area (Å²) in [4.78, 5) is 26.8. The Morgan fingerprint density at radius 1 is 1.44 bits per heavy atom. The summed E-state index contributed by atoms with van der Waals surface area (Å²) in [5, 5.41) is -1.53. The van der Waals surface area contributed by atoms with E-state index in [0.29, 0.717) is 0 Å². The van der Waals surface area contributed by atoms with Gasteiger partial charge in [-0.1, -0.05) is 0 Å². The third kappa shape index (κ3) is 1.90. The smallest absolute Gasteiger partial charge is 0.324 e. The molecule has 0 amide bonds. The number of aldehydes is 1. The average Bonchev–Trinajstić information content (AvgIpc) is 1.64. The molecule has 0 saturated carbocycles. The summed E-state index contributed by atoms with van der Waals surface area (Å²) in [6.07, 6.45) is 0.258. The zero-order chi connectivity index (χ0) is 7.71. The number of carbonyl (C=O) groups is 1. The van der Waals surface area contributed by atoms with E-state index < -0.39 is 12.8 Å². The van der Waals surface area contributed by atoms with Crippen molar-refractivity contribution in [3.05, 3.63) is 0 Å². The van der Waals surface area contributed by atoms with E-state index in [1.54, 1.807) is 0 Å². The van der Waals surface area contributed by atoms with Crippen molar-refractivity contribution in [2.24, 2.45) is 0 Å². The highest BCUT2D eigenvalue weighted by atomic mass is 31.2. The molecular formula is C4H9O4P. The van der Waals surface area contributed by atoms with Crippen molar-refractivity contribution in [3.63, 3.8) is 0 Å². The molecule has 9 heavy (non-hydrogen) atoms. The SMILES string of the molecule is CC(C)(C=O)P(=O)(O)O. The predicted molar refractivity (Wildman–Crippen MR) is 32.2 cm³/mol. The summed E-state index contributed by atoms with van der Waals surface area (Å²) in [7, 11) is -4.24. The van der Waals surface area contributed by atoms with E-state index in [4.69, 9.17) is 9.79 Å². The zero-order valence-electron chi connectivity index (χ0n) is 5.24. The van der Waals surface area contributed by atoms with Crippen LogP contribution in [0.15, 0.2) is 0 Å². The Morgan fingerprint density at radius 3 is 1.78 bits per heavy atom. The van der Waals surface area contributed by atoms with Crippen molar-refractivity contribution in [2.75, 3.05) is 0 Å². The van der Waals surface area contributed by atoms with Gasteiger partial charge in [-0.05, 0) is 13.8 Å². The molecule has 0 aliphatic carbocycles. The summed E-state index contributed by atoms with van der Waals surface area (Å²) >= 11 is 0. The van der Waals surface area contributed by atoms with Crippen molar-refractivity contribution >= 4 is 13.9 Å². The summed E-state index contributed by atoms with van der Waals surface area (Å²) in [6.45, 7) is 2.39. The van der Waals surface area contributed by atoms with Crippen LogP contribution in [-0.2, 0) is 9.36 Å². The fourth-order valence-corrected chi connectivity index (χ4v) is 0.206. The minimum Gasteiger partial charge on any atom is -0.324 e. The van der Waals surface area contributed by atoms with E-state index in [-0.39, 0.29) is 6.29 Å². The Hall–Kier alpha value is -0.180. The lowest BCUT2D eigenvalue weighted by molar-refractivity contribution is -0.109. The molecular weight excluding hydrogens is 143 g/mol. The molecule has 0 saturated heterocycles. The van der Waals surface area contributed by atoms with E-state index in [1.807, 2.05) is 0 Å². The van der Waals surface area contributed by atoms with Gasteiger partial charge in [0.15, 0.2) is 0 Å². The Morgan fingerprint density at radius 2 is 1.78 bits per heavy atom. The predicted octanol–water partition coefficient (Wildman–Crippen LogP) is 0.142. The van der Waals surface area contributed by atoms with E-state index in [1.165, 1.54) is 13.8 Å². The normalized spacial score (nSPS) is 13.3. The molecule has 0 aromatic rings. The molecule has 0 spiro atoms. The first-order valence-corrected chi connectivity index (χ1v) is 3.94. The highest BCUT2D eigenvalue weighted by Crippen LogP contribution is 2.48. The first-order valence-electron chi connectivity index (χ1n) is 2.33. The Labute approximate surface area is 53.0 Å². The van der Waals surface area contributed by atoms with E-state index in [2.05, 4.69) is 0 Å². The van der Waals surface area contributed by atoms with Crippen LogP contribution in [0.25, 0.3) is 0 Å². The van der Waals surface area contributed by atoms with Crippen LogP contribution in [0.1, 0.15) is 13.8 Å². The summed E-state index contributed by atoms with van der Waals surface area (Å²) < 4.78 is 10.3. The highest BCUT2D eigenvalue weighted by molar-refractivity contribution is 7.54. The van der Waals surface area contributed by atoms with Crippen molar-refractivity contribution in [1.29, 1.82) is 0 Å². The molecule has 0 bridgehead atoms. The lowest BCUT2D eigenvalue weighted by Crippen LogP contribution is -2.21. The molecule has 0 unspecified atom stereocenters. The lowest BCUT2D eigenvalue weighted by Gasteiger charge is -2.17. The van der Waals surface area contributed by atoms with Crippen molar-refractivity contribution < 1.29 is 19.1 Å². The fraction of sp³-hybridized carbons (Fsp3) is 0.750. The monoisotopic (exact) mass is 152 g/mol. The van der Waals surface area contributed by atoms with Crippen LogP contribution >= 0.6 is 7.60 Å². The van der Waals surface area contributed by atoms with Crippen LogP contribution < -0.4 is 0 Å². The quantitative estimate of drug-likeness (QED) is 0.436. The van der Waals surface area contributed by atoms with Gasteiger partial charge in [-0.2, -0.15) is 0 Å². The minimum atomic E-state index is -4.24. The molecule has 0 aromatic carbocycles. The molecule has 0 radical (unpaired) electrons. The van der Waals surface area contributed by atoms with Gasteiger partial charge in [0, 0.05) is 0 Å². The van der Waals surface area contributed by atoms with Crippen LogP contribution in [0.4, 0.5) is 0 Å². The van der Waals surface area contributed by atoms with Crippen molar-refractivity contribution in [2.45, 2.75) is 19.0 Å². The molecule has 0 aromatic heterocycles. The van der Waals surface area contributed by atoms with Gasteiger partial charge in [0.2, 0.25) is 0 Å². The average molecular weight is 152 g/mol. The highest BCUT2D eigenvalue weighted by Gasteiger charge is 2.37. The van der Waals surface area contributed by atoms with Crippen LogP contribution in [0, 0.1) is 0 Å². The summed E-state index contributed by atoms with van der Waals surface area (Å²) in [5.74, 6) is 0. The van der Waals surface area contributed by atoms with Crippen LogP contribution in [0.2, 0.25) is 0 Å². The van der Waals surface area contributed by atoms with E-state index in [0.717, 1.165) is 0 Å². The van der Waals surface area contributed by atoms with Crippen LogP contribution in [0.5, 0.6) is 0 Å². The molecule has 0 fully saturated rings. The molecule has 0 heterocycles. The van der Waals surface area contributed by atoms with Gasteiger partial charge in [0.1, 0.15) is 11.4 Å². The lowest BCUT2D eigenvalue weighted by atomic mass is 10.2. The summed E-state index contributed by atoms with van der Waals surface area (Å²) in [6, 6.07) is 0. The minimum absolute atomic E-state index is 0.258. The van der Waals surface area contributed by atoms with E-state index >= 15 is 0 Å². The second-order valence-electron chi connectivity index (χ2n) is 2.32. The van der Waals surface area contributed by atoms with E-state index in [9.17, 15) is 9.36 Å². The van der Waals surface area contributed by atoms with Gasteiger partial charge in [-0.25, -0.2) is 0 Å². The fourth-order valence-electron chi connectivity index (χ4n) is 0.0687. The zero-order valence-corrected chi connectivity index (χ0v) is 6.13. The number of hydrogen-bond acceptors (Lipinski definition) is 2. The molecule has 0 rings (SSSR count). The maximum atomic E-state index is 10.3. The molecule has 5 heteroatoms. The largest absolute Gasteiger partial charge is 0.338 e. The molecule has 4 nitrogen and oxygen atoms in total. The first-order chi connectivity index (χ1) is 3.81. The van der Waals surface area contributed by atoms with Gasteiger partial charge in [-0.15, -0.1) is 0 Å². The summed E-state index contributed by atoms with van der Waals surface area (Å²) in [5.41, 5.74) is 0. The van der Waals surface area contributed by atoms with Gasteiger partial charge in [-0.3, -0.25) is 4.57 Å². The standard InChI is InChI=1S/C4H9O4P/c1-4(2,3-5)9(6,7)8/h3H,1-2H3,(H2,6,7,8). The maximum absolute atomic E-state index is 10.3. The molecule has 2 N–H and O–H groups in total. The van der Waals surface area contributed by atoms with Crippen molar-refractivity contribution in [3.8, 4) is 0 Å². The second kappa shape index (κ2) is 2.21. The van der Waals surface area contributed by atoms with Gasteiger partial charge < -0.3 is 14.6 Å².